The van der Waals surface area contributed by atoms with Crippen molar-refractivity contribution < 1.29 is 9.59 Å². The minimum Gasteiger partial charge on any atom is -0.268 e. The van der Waals surface area contributed by atoms with E-state index in [4.69, 9.17) is 0 Å². The summed E-state index contributed by atoms with van der Waals surface area (Å²) in [7, 11) is 0. The van der Waals surface area contributed by atoms with Gasteiger partial charge >= 0.3 is 0 Å². The molecule has 0 radical (unpaired) electrons. The number of carbonyl (C=O) groups excluding carboxylic acids is 2. The number of amides is 2. The maximum Gasteiger partial charge on any atom is 0.293 e. The maximum atomic E-state index is 12.7. The van der Waals surface area contributed by atoms with Gasteiger partial charge < -0.3 is 0 Å². The number of nitrogens with zero attached hydrogens (tertiary/aromatic N) is 1. The molecule has 1 saturated carbocycles. The molecule has 1 aliphatic heterocycles. The Kier molecular flexibility index (Phi) is 5.27. The lowest BCUT2D eigenvalue weighted by Gasteiger charge is -2.32. The number of hydrogen-bond acceptors (Lipinski definition) is 3. The van der Waals surface area contributed by atoms with Crippen molar-refractivity contribution in [2.24, 2.45) is 5.92 Å². The van der Waals surface area contributed by atoms with E-state index in [1.54, 1.807) is 0 Å². The van der Waals surface area contributed by atoms with Crippen molar-refractivity contribution in [3.05, 3.63) is 39.2 Å². The molecular weight excluding hydrogens is 374 g/mol. The Morgan fingerprint density at radius 1 is 1.17 bits per heavy atom. The van der Waals surface area contributed by atoms with E-state index in [1.807, 2.05) is 37.3 Å². The molecule has 0 spiro atoms. The molecule has 1 aliphatic carbocycles. The summed E-state index contributed by atoms with van der Waals surface area (Å²) in [5, 5.41) is -0.128. The van der Waals surface area contributed by atoms with Crippen LogP contribution in [-0.2, 0) is 4.79 Å². The summed E-state index contributed by atoms with van der Waals surface area (Å²) in [6, 6.07) is 7.73. The molecule has 2 amide bonds. The van der Waals surface area contributed by atoms with Crippen molar-refractivity contribution in [1.29, 1.82) is 0 Å². The summed E-state index contributed by atoms with van der Waals surface area (Å²) in [4.78, 5) is 27.0. The second kappa shape index (κ2) is 7.22. The predicted molar refractivity (Wildman–Crippen MR) is 98.0 cm³/mol. The highest BCUT2D eigenvalue weighted by Gasteiger charge is 2.40. The quantitative estimate of drug-likeness (QED) is 0.640. The fourth-order valence-electron chi connectivity index (χ4n) is 3.37. The Bertz CT molecular complexity index is 635. The predicted octanol–water partition coefficient (Wildman–Crippen LogP) is 5.45. The fraction of sp³-hybridized carbons (Fsp3) is 0.444. The van der Waals surface area contributed by atoms with Crippen LogP contribution in [0.25, 0.3) is 6.08 Å². The Morgan fingerprint density at radius 3 is 2.48 bits per heavy atom. The first-order valence-corrected chi connectivity index (χ1v) is 9.70. The third-order valence-electron chi connectivity index (χ3n) is 4.73. The Labute approximate surface area is 149 Å². The largest absolute Gasteiger partial charge is 0.293 e. The number of rotatable bonds is 3. The zero-order valence-electron chi connectivity index (χ0n) is 13.1. The van der Waals surface area contributed by atoms with Crippen molar-refractivity contribution in [3.8, 4) is 0 Å². The van der Waals surface area contributed by atoms with Crippen molar-refractivity contribution in [3.63, 3.8) is 0 Å². The minimum atomic E-state index is -0.138. The van der Waals surface area contributed by atoms with E-state index in [1.165, 1.54) is 24.2 Å². The van der Waals surface area contributed by atoms with Crippen LogP contribution >= 0.6 is 27.7 Å². The van der Waals surface area contributed by atoms with Gasteiger partial charge in [-0.2, -0.15) is 0 Å². The molecule has 1 heterocycles. The molecule has 3 nitrogen and oxygen atoms in total. The van der Waals surface area contributed by atoms with E-state index in [-0.39, 0.29) is 17.2 Å². The Balaban J connectivity index is 1.77. The third-order valence-corrected chi connectivity index (χ3v) is 6.14. The van der Waals surface area contributed by atoms with E-state index < -0.39 is 0 Å². The highest BCUT2D eigenvalue weighted by atomic mass is 79.9. The molecule has 1 unspecified atom stereocenters. The smallest absolute Gasteiger partial charge is 0.268 e. The van der Waals surface area contributed by atoms with Crippen molar-refractivity contribution in [2.75, 3.05) is 0 Å². The van der Waals surface area contributed by atoms with Gasteiger partial charge in [-0.05, 0) is 61.2 Å². The Morgan fingerprint density at radius 2 is 1.83 bits per heavy atom. The molecule has 3 rings (SSSR count). The third kappa shape index (κ3) is 3.72. The molecule has 0 N–H and O–H groups in total. The van der Waals surface area contributed by atoms with Gasteiger partial charge in [0.15, 0.2) is 0 Å². The van der Waals surface area contributed by atoms with Gasteiger partial charge in [-0.25, -0.2) is 0 Å². The molecule has 1 aromatic rings. The highest BCUT2D eigenvalue weighted by molar-refractivity contribution is 9.10. The van der Waals surface area contributed by atoms with Crippen LogP contribution in [0.5, 0.6) is 0 Å². The van der Waals surface area contributed by atoms with Crippen LogP contribution in [0.3, 0.4) is 0 Å². The van der Waals surface area contributed by atoms with Gasteiger partial charge in [-0.1, -0.05) is 47.3 Å². The molecule has 2 aliphatic rings. The van der Waals surface area contributed by atoms with Crippen molar-refractivity contribution in [1.82, 2.24) is 4.90 Å². The minimum absolute atomic E-state index is 0.00128. The number of halogens is 1. The number of benzene rings is 1. The summed E-state index contributed by atoms with van der Waals surface area (Å²) in [6.45, 7) is 2.02. The van der Waals surface area contributed by atoms with E-state index >= 15 is 0 Å². The van der Waals surface area contributed by atoms with Crippen LogP contribution in [0.2, 0.25) is 0 Å². The summed E-state index contributed by atoms with van der Waals surface area (Å²) in [5.41, 5.74) is 0.934. The van der Waals surface area contributed by atoms with Gasteiger partial charge in [0, 0.05) is 10.5 Å². The average molecular weight is 394 g/mol. The number of carbonyl (C=O) groups is 2. The molecule has 1 atom stereocenters. The molecule has 5 heteroatoms. The number of thioether (sulfide) groups is 1. The summed E-state index contributed by atoms with van der Waals surface area (Å²) >= 11 is 4.46. The molecule has 2 fully saturated rings. The standard InChI is InChI=1S/C18H20BrNO2S/c1-12(14-5-3-2-4-6-14)20-17(21)16(23-18(20)22)11-13-7-9-15(19)10-8-13/h7-12,14H,2-6H2,1H3. The van der Waals surface area contributed by atoms with Gasteiger partial charge in [0.25, 0.3) is 11.1 Å². The molecule has 122 valence electrons. The zero-order valence-corrected chi connectivity index (χ0v) is 15.5. The molecule has 1 aromatic carbocycles. The first-order chi connectivity index (χ1) is 11.1. The fourth-order valence-corrected chi connectivity index (χ4v) is 4.55. The monoisotopic (exact) mass is 393 g/mol. The lowest BCUT2D eigenvalue weighted by Crippen LogP contribution is -2.42. The van der Waals surface area contributed by atoms with Gasteiger partial charge in [-0.15, -0.1) is 0 Å². The molecule has 23 heavy (non-hydrogen) atoms. The van der Waals surface area contributed by atoms with Gasteiger partial charge in [0.05, 0.1) is 4.91 Å². The molecule has 1 saturated heterocycles. The van der Waals surface area contributed by atoms with Crippen LogP contribution in [0.1, 0.15) is 44.6 Å². The van der Waals surface area contributed by atoms with E-state index in [9.17, 15) is 9.59 Å². The molecular formula is C18H20BrNO2S. The van der Waals surface area contributed by atoms with E-state index in [2.05, 4.69) is 15.9 Å². The summed E-state index contributed by atoms with van der Waals surface area (Å²) < 4.78 is 0.994. The second-order valence-electron chi connectivity index (χ2n) is 6.24. The zero-order chi connectivity index (χ0) is 16.4. The van der Waals surface area contributed by atoms with Gasteiger partial charge in [-0.3, -0.25) is 14.5 Å². The highest BCUT2D eigenvalue weighted by Crippen LogP contribution is 2.38. The Hall–Kier alpha value is -1.07. The molecule has 0 aromatic heterocycles. The van der Waals surface area contributed by atoms with Crippen molar-refractivity contribution in [2.45, 2.75) is 45.1 Å². The summed E-state index contributed by atoms with van der Waals surface area (Å²) in [5.74, 6) is 0.310. The van der Waals surface area contributed by atoms with Crippen LogP contribution in [0.15, 0.2) is 33.6 Å². The van der Waals surface area contributed by atoms with Crippen LogP contribution in [0, 0.1) is 5.92 Å². The number of imide groups is 1. The van der Waals surface area contributed by atoms with E-state index in [0.717, 1.165) is 34.6 Å². The molecule has 0 bridgehead atoms. The average Bonchev–Trinajstić information content (AvgIpc) is 2.84. The lowest BCUT2D eigenvalue weighted by molar-refractivity contribution is -0.125. The SMILES string of the molecule is CC(C1CCCCC1)N1C(=O)SC(=Cc2ccc(Br)cc2)C1=O. The van der Waals surface area contributed by atoms with Crippen LogP contribution in [-0.4, -0.2) is 22.1 Å². The van der Waals surface area contributed by atoms with Crippen LogP contribution in [0.4, 0.5) is 4.79 Å². The lowest BCUT2D eigenvalue weighted by atomic mass is 9.84. The normalized spacial score (nSPS) is 22.9. The first-order valence-electron chi connectivity index (χ1n) is 8.09. The summed E-state index contributed by atoms with van der Waals surface area (Å²) in [6.07, 6.45) is 7.74. The maximum absolute atomic E-state index is 12.7. The topological polar surface area (TPSA) is 37.4 Å². The van der Waals surface area contributed by atoms with Crippen molar-refractivity contribution >= 4 is 44.9 Å². The van der Waals surface area contributed by atoms with Gasteiger partial charge in [0.1, 0.15) is 0 Å². The first kappa shape index (κ1) is 16.8. The second-order valence-corrected chi connectivity index (χ2v) is 8.15. The van der Waals surface area contributed by atoms with Gasteiger partial charge in [0.2, 0.25) is 0 Å². The van der Waals surface area contributed by atoms with E-state index in [0.29, 0.717) is 10.8 Å². The number of hydrogen-bond donors (Lipinski definition) is 0. The van der Waals surface area contributed by atoms with Crippen LogP contribution < -0.4 is 0 Å².